The van der Waals surface area contributed by atoms with E-state index in [2.05, 4.69) is 9.44 Å². The molecule has 0 aliphatic carbocycles. The summed E-state index contributed by atoms with van der Waals surface area (Å²) in [5.41, 5.74) is 0. The van der Waals surface area contributed by atoms with E-state index >= 15 is 0 Å². The van der Waals surface area contributed by atoms with Crippen LogP contribution in [0.2, 0.25) is 0 Å². The zero-order valence-electron chi connectivity index (χ0n) is 6.51. The smallest absolute Gasteiger partial charge is 0.203 e. The predicted octanol–water partition coefficient (Wildman–Crippen LogP) is -0.161. The molecule has 0 aromatic heterocycles. The summed E-state index contributed by atoms with van der Waals surface area (Å²) in [7, 11) is -3.23. The molecule has 0 bridgehead atoms. The Bertz CT molecular complexity index is 174. The lowest BCUT2D eigenvalue weighted by atomic mass is 10.4. The molecule has 0 radical (unpaired) electrons. The van der Waals surface area contributed by atoms with Gasteiger partial charge in [-0.05, 0) is 13.8 Å². The molecule has 0 amide bonds. The van der Waals surface area contributed by atoms with Crippen LogP contribution in [0.15, 0.2) is 0 Å². The average Bonchev–Trinajstić information content (AvgIpc) is 1.59. The van der Waals surface area contributed by atoms with E-state index in [1.807, 2.05) is 0 Å². The van der Waals surface area contributed by atoms with Crippen molar-refractivity contribution < 1.29 is 8.42 Å². The fraction of sp³-hybridized carbons (Fsp3) is 1.00. The van der Waals surface area contributed by atoms with Gasteiger partial charge in [0, 0.05) is 12.6 Å². The fourth-order valence-corrected chi connectivity index (χ4v) is 1.63. The molecule has 4 nitrogen and oxygen atoms in total. The van der Waals surface area contributed by atoms with Crippen molar-refractivity contribution in [2.24, 2.45) is 0 Å². The third-order valence-corrected chi connectivity index (χ3v) is 2.18. The standard InChI is InChI=1S/C5H14N2O2S/c1-4-6-10(8,9)7-5(2)3/h5-7H,4H2,1-3H3. The minimum Gasteiger partial charge on any atom is -0.203 e. The highest BCUT2D eigenvalue weighted by Crippen LogP contribution is 1.81. The van der Waals surface area contributed by atoms with Crippen LogP contribution in [0.4, 0.5) is 0 Å². The maximum absolute atomic E-state index is 10.8. The zero-order chi connectivity index (χ0) is 8.20. The second kappa shape index (κ2) is 3.90. The average molecular weight is 166 g/mol. The number of hydrogen-bond acceptors (Lipinski definition) is 2. The molecule has 0 unspecified atom stereocenters. The molecular weight excluding hydrogens is 152 g/mol. The Labute approximate surface area is 62.2 Å². The van der Waals surface area contributed by atoms with E-state index in [0.717, 1.165) is 0 Å². The molecule has 5 heteroatoms. The van der Waals surface area contributed by atoms with Crippen LogP contribution in [0.1, 0.15) is 20.8 Å². The third kappa shape index (κ3) is 4.72. The first-order valence-electron chi connectivity index (χ1n) is 3.25. The summed E-state index contributed by atoms with van der Waals surface area (Å²) in [6, 6.07) is -0.0518. The topological polar surface area (TPSA) is 58.2 Å². The number of rotatable bonds is 4. The molecule has 2 N–H and O–H groups in total. The SMILES string of the molecule is CCNS(=O)(=O)NC(C)C. The molecular formula is C5H14N2O2S. The van der Waals surface area contributed by atoms with Crippen LogP contribution in [0.25, 0.3) is 0 Å². The Balaban J connectivity index is 3.89. The van der Waals surface area contributed by atoms with E-state index in [9.17, 15) is 8.42 Å². The Hall–Kier alpha value is -0.130. The molecule has 0 aliphatic heterocycles. The molecule has 0 aromatic carbocycles. The van der Waals surface area contributed by atoms with Crippen LogP contribution in [-0.2, 0) is 10.2 Å². The minimum absolute atomic E-state index is 0.0518. The third-order valence-electron chi connectivity index (χ3n) is 0.725. The number of hydrogen-bond donors (Lipinski definition) is 2. The van der Waals surface area contributed by atoms with Gasteiger partial charge in [-0.15, -0.1) is 0 Å². The highest BCUT2D eigenvalue weighted by Gasteiger charge is 2.07. The maximum atomic E-state index is 10.8. The van der Waals surface area contributed by atoms with Gasteiger partial charge >= 0.3 is 0 Å². The highest BCUT2D eigenvalue weighted by molar-refractivity contribution is 7.87. The monoisotopic (exact) mass is 166 g/mol. The summed E-state index contributed by atoms with van der Waals surface area (Å²) in [4.78, 5) is 0. The lowest BCUT2D eigenvalue weighted by molar-refractivity contribution is 0.557. The van der Waals surface area contributed by atoms with Crippen molar-refractivity contribution in [2.75, 3.05) is 6.54 Å². The molecule has 0 fully saturated rings. The second-order valence-electron chi connectivity index (χ2n) is 2.27. The van der Waals surface area contributed by atoms with E-state index in [-0.39, 0.29) is 6.04 Å². The lowest BCUT2D eigenvalue weighted by Crippen LogP contribution is -2.40. The van der Waals surface area contributed by atoms with Gasteiger partial charge in [0.05, 0.1) is 0 Å². The van der Waals surface area contributed by atoms with Gasteiger partial charge in [-0.1, -0.05) is 6.92 Å². The second-order valence-corrected chi connectivity index (χ2v) is 3.81. The molecule has 0 heterocycles. The van der Waals surface area contributed by atoms with Crippen molar-refractivity contribution in [3.05, 3.63) is 0 Å². The largest absolute Gasteiger partial charge is 0.277 e. The zero-order valence-corrected chi connectivity index (χ0v) is 7.33. The molecule has 10 heavy (non-hydrogen) atoms. The molecule has 0 aromatic rings. The van der Waals surface area contributed by atoms with E-state index in [0.29, 0.717) is 6.54 Å². The van der Waals surface area contributed by atoms with Crippen molar-refractivity contribution in [2.45, 2.75) is 26.8 Å². The Morgan fingerprint density at radius 1 is 1.40 bits per heavy atom. The van der Waals surface area contributed by atoms with E-state index in [1.165, 1.54) is 0 Å². The quantitative estimate of drug-likeness (QED) is 0.609. The first-order chi connectivity index (χ1) is 4.48. The van der Waals surface area contributed by atoms with Gasteiger partial charge < -0.3 is 0 Å². The van der Waals surface area contributed by atoms with E-state index < -0.39 is 10.2 Å². The molecule has 0 atom stereocenters. The van der Waals surface area contributed by atoms with Crippen LogP contribution in [0.5, 0.6) is 0 Å². The molecule has 0 aliphatic rings. The summed E-state index contributed by atoms with van der Waals surface area (Å²) in [5, 5.41) is 0. The van der Waals surface area contributed by atoms with E-state index in [1.54, 1.807) is 20.8 Å². The fourth-order valence-electron chi connectivity index (χ4n) is 0.542. The van der Waals surface area contributed by atoms with Gasteiger partial charge in [-0.2, -0.15) is 13.1 Å². The first-order valence-corrected chi connectivity index (χ1v) is 4.73. The van der Waals surface area contributed by atoms with Crippen LogP contribution in [0.3, 0.4) is 0 Å². The molecule has 0 rings (SSSR count). The van der Waals surface area contributed by atoms with Crippen LogP contribution in [0, 0.1) is 0 Å². The van der Waals surface area contributed by atoms with Crippen molar-refractivity contribution in [3.8, 4) is 0 Å². The van der Waals surface area contributed by atoms with Gasteiger partial charge in [-0.3, -0.25) is 0 Å². The molecule has 62 valence electrons. The van der Waals surface area contributed by atoms with Gasteiger partial charge in [0.1, 0.15) is 0 Å². The van der Waals surface area contributed by atoms with Gasteiger partial charge in [-0.25, -0.2) is 4.72 Å². The minimum atomic E-state index is -3.23. The first kappa shape index (κ1) is 9.87. The predicted molar refractivity (Wildman–Crippen MR) is 40.9 cm³/mol. The summed E-state index contributed by atoms with van der Waals surface area (Å²) in [5.74, 6) is 0. The molecule has 0 saturated heterocycles. The highest BCUT2D eigenvalue weighted by atomic mass is 32.2. The van der Waals surface area contributed by atoms with Crippen molar-refractivity contribution >= 4 is 10.2 Å². The lowest BCUT2D eigenvalue weighted by Gasteiger charge is -2.08. The maximum Gasteiger partial charge on any atom is 0.277 e. The van der Waals surface area contributed by atoms with Crippen molar-refractivity contribution in [1.82, 2.24) is 9.44 Å². The Morgan fingerprint density at radius 2 is 1.90 bits per heavy atom. The van der Waals surface area contributed by atoms with Crippen LogP contribution >= 0.6 is 0 Å². The summed E-state index contributed by atoms with van der Waals surface area (Å²) in [6.45, 7) is 5.70. The van der Waals surface area contributed by atoms with Gasteiger partial charge in [0.15, 0.2) is 0 Å². The number of nitrogens with one attached hydrogen (secondary N) is 2. The van der Waals surface area contributed by atoms with Gasteiger partial charge in [0.2, 0.25) is 0 Å². The molecule has 0 saturated carbocycles. The van der Waals surface area contributed by atoms with E-state index in [4.69, 9.17) is 0 Å². The summed E-state index contributed by atoms with van der Waals surface area (Å²) in [6.07, 6.45) is 0. The van der Waals surface area contributed by atoms with Crippen LogP contribution < -0.4 is 9.44 Å². The van der Waals surface area contributed by atoms with Crippen molar-refractivity contribution in [1.29, 1.82) is 0 Å². The van der Waals surface area contributed by atoms with Crippen LogP contribution in [-0.4, -0.2) is 21.0 Å². The Morgan fingerprint density at radius 3 is 2.20 bits per heavy atom. The Kier molecular flexibility index (Phi) is 3.85. The summed E-state index contributed by atoms with van der Waals surface area (Å²) < 4.78 is 26.3. The van der Waals surface area contributed by atoms with Crippen molar-refractivity contribution in [3.63, 3.8) is 0 Å². The normalized spacial score (nSPS) is 12.4. The molecule has 0 spiro atoms. The summed E-state index contributed by atoms with van der Waals surface area (Å²) >= 11 is 0. The van der Waals surface area contributed by atoms with Gasteiger partial charge in [0.25, 0.3) is 10.2 Å².